The summed E-state index contributed by atoms with van der Waals surface area (Å²) >= 11 is 0. The fraction of sp³-hybridized carbons (Fsp3) is 0. The molecule has 6 nitrogen and oxygen atoms in total. The Balaban J connectivity index is 2.22. The number of hydrogen-bond donors (Lipinski definition) is 3. The number of nitrogens with zero attached hydrogens (tertiary/aromatic N) is 2. The molecule has 2 aromatic carbocycles. The Morgan fingerprint density at radius 3 is 2.16 bits per heavy atom. The number of aromatic hydroxyl groups is 1. The minimum atomic E-state index is -1.19. The Hall–Kier alpha value is -2.89. The number of nitrogens with two attached hydrogens (primary N) is 1. The van der Waals surface area contributed by atoms with Crippen molar-refractivity contribution in [2.24, 2.45) is 10.2 Å². The van der Waals surface area contributed by atoms with Crippen LogP contribution in [0.4, 0.5) is 17.1 Å². The summed E-state index contributed by atoms with van der Waals surface area (Å²) in [6, 6.07) is 10.8. The van der Waals surface area contributed by atoms with E-state index in [1.807, 2.05) is 0 Å². The van der Waals surface area contributed by atoms with Gasteiger partial charge >= 0.3 is 5.97 Å². The highest BCUT2D eigenvalue weighted by Crippen LogP contribution is 2.25. The molecule has 19 heavy (non-hydrogen) atoms. The molecule has 2 aromatic rings. The van der Waals surface area contributed by atoms with E-state index in [9.17, 15) is 9.90 Å². The van der Waals surface area contributed by atoms with Gasteiger partial charge in [-0.2, -0.15) is 10.2 Å². The van der Waals surface area contributed by atoms with Gasteiger partial charge < -0.3 is 15.9 Å². The van der Waals surface area contributed by atoms with Crippen LogP contribution in [-0.4, -0.2) is 16.2 Å². The van der Waals surface area contributed by atoms with Crippen molar-refractivity contribution in [3.8, 4) is 5.75 Å². The SMILES string of the molecule is Nc1ccc(N=Nc2ccc(C(=O)O)c(O)c2)cc1. The second-order valence-electron chi connectivity index (χ2n) is 3.80. The van der Waals surface area contributed by atoms with Crippen LogP contribution in [0, 0.1) is 0 Å². The molecule has 96 valence electrons. The van der Waals surface area contributed by atoms with E-state index in [-0.39, 0.29) is 11.3 Å². The number of phenols is 1. The molecular weight excluding hydrogens is 246 g/mol. The topological polar surface area (TPSA) is 108 Å². The largest absolute Gasteiger partial charge is 0.507 e. The summed E-state index contributed by atoms with van der Waals surface area (Å²) in [5, 5.41) is 26.1. The van der Waals surface area contributed by atoms with Gasteiger partial charge in [0.25, 0.3) is 0 Å². The van der Waals surface area contributed by atoms with Gasteiger partial charge in [-0.25, -0.2) is 4.79 Å². The van der Waals surface area contributed by atoms with Crippen LogP contribution >= 0.6 is 0 Å². The molecule has 0 fully saturated rings. The fourth-order valence-corrected chi connectivity index (χ4v) is 1.42. The number of aromatic carboxylic acids is 1. The molecular formula is C13H11N3O3. The predicted molar refractivity (Wildman–Crippen MR) is 70.1 cm³/mol. The van der Waals surface area contributed by atoms with E-state index in [1.165, 1.54) is 18.2 Å². The monoisotopic (exact) mass is 257 g/mol. The number of azo groups is 1. The van der Waals surface area contributed by atoms with Crippen LogP contribution in [0.2, 0.25) is 0 Å². The molecule has 6 heteroatoms. The molecule has 0 aliphatic heterocycles. The standard InChI is InChI=1S/C13H11N3O3/c14-8-1-3-9(4-2-8)15-16-10-5-6-11(13(18)19)12(17)7-10/h1-7,17H,14H2,(H,18,19). The molecule has 0 aliphatic carbocycles. The highest BCUT2D eigenvalue weighted by molar-refractivity contribution is 5.91. The van der Waals surface area contributed by atoms with Crippen molar-refractivity contribution in [2.75, 3.05) is 5.73 Å². The van der Waals surface area contributed by atoms with Gasteiger partial charge in [0.2, 0.25) is 0 Å². The minimum Gasteiger partial charge on any atom is -0.507 e. The van der Waals surface area contributed by atoms with Crippen LogP contribution in [0.3, 0.4) is 0 Å². The lowest BCUT2D eigenvalue weighted by atomic mass is 10.2. The highest BCUT2D eigenvalue weighted by atomic mass is 16.4. The molecule has 0 atom stereocenters. The maximum atomic E-state index is 10.7. The number of carboxylic acids is 1. The van der Waals surface area contributed by atoms with Crippen molar-refractivity contribution in [1.29, 1.82) is 0 Å². The maximum Gasteiger partial charge on any atom is 0.339 e. The van der Waals surface area contributed by atoms with E-state index in [2.05, 4.69) is 10.2 Å². The van der Waals surface area contributed by atoms with Crippen molar-refractivity contribution in [3.05, 3.63) is 48.0 Å². The van der Waals surface area contributed by atoms with E-state index in [4.69, 9.17) is 10.8 Å². The number of rotatable bonds is 3. The molecule has 4 N–H and O–H groups in total. The Bertz CT molecular complexity index is 636. The quantitative estimate of drug-likeness (QED) is 0.579. The average molecular weight is 257 g/mol. The molecule has 0 aliphatic rings. The van der Waals surface area contributed by atoms with E-state index < -0.39 is 5.97 Å². The zero-order valence-corrected chi connectivity index (χ0v) is 9.82. The molecule has 0 heterocycles. The molecule has 0 saturated carbocycles. The molecule has 0 amide bonds. The second kappa shape index (κ2) is 5.18. The van der Waals surface area contributed by atoms with Crippen LogP contribution < -0.4 is 5.73 Å². The second-order valence-corrected chi connectivity index (χ2v) is 3.80. The lowest BCUT2D eigenvalue weighted by Crippen LogP contribution is -1.95. The average Bonchev–Trinajstić information content (AvgIpc) is 2.37. The van der Waals surface area contributed by atoms with E-state index >= 15 is 0 Å². The van der Waals surface area contributed by atoms with E-state index in [0.717, 1.165) is 0 Å². The summed E-state index contributed by atoms with van der Waals surface area (Å²) < 4.78 is 0. The summed E-state index contributed by atoms with van der Waals surface area (Å²) in [5.74, 6) is -1.54. The molecule has 0 saturated heterocycles. The number of carbonyl (C=O) groups is 1. The summed E-state index contributed by atoms with van der Waals surface area (Å²) in [7, 11) is 0. The molecule has 0 radical (unpaired) electrons. The Morgan fingerprint density at radius 2 is 1.58 bits per heavy atom. The first-order chi connectivity index (χ1) is 9.06. The number of hydrogen-bond acceptors (Lipinski definition) is 5. The maximum absolute atomic E-state index is 10.7. The van der Waals surface area contributed by atoms with Crippen molar-refractivity contribution < 1.29 is 15.0 Å². The van der Waals surface area contributed by atoms with Crippen molar-refractivity contribution in [1.82, 2.24) is 0 Å². The van der Waals surface area contributed by atoms with E-state index in [1.54, 1.807) is 24.3 Å². The Kier molecular flexibility index (Phi) is 3.42. The van der Waals surface area contributed by atoms with Crippen LogP contribution in [-0.2, 0) is 0 Å². The summed E-state index contributed by atoms with van der Waals surface area (Å²) in [6.07, 6.45) is 0. The lowest BCUT2D eigenvalue weighted by molar-refractivity contribution is 0.0694. The first kappa shape index (κ1) is 12.6. The third-order valence-electron chi connectivity index (χ3n) is 2.39. The van der Waals surface area contributed by atoms with Gasteiger partial charge in [0.05, 0.1) is 11.4 Å². The first-order valence-corrected chi connectivity index (χ1v) is 5.40. The Morgan fingerprint density at radius 1 is 1.00 bits per heavy atom. The summed E-state index contributed by atoms with van der Waals surface area (Å²) in [6.45, 7) is 0. The summed E-state index contributed by atoms with van der Waals surface area (Å²) in [4.78, 5) is 10.7. The first-order valence-electron chi connectivity index (χ1n) is 5.40. The van der Waals surface area contributed by atoms with Gasteiger partial charge in [-0.15, -0.1) is 0 Å². The van der Waals surface area contributed by atoms with Crippen LogP contribution in [0.25, 0.3) is 0 Å². The fourth-order valence-electron chi connectivity index (χ4n) is 1.42. The van der Waals surface area contributed by atoms with Gasteiger partial charge in [0.15, 0.2) is 0 Å². The van der Waals surface area contributed by atoms with Crippen LogP contribution in [0.1, 0.15) is 10.4 Å². The number of carboxylic acid groups (broad SMARTS) is 1. The number of anilines is 1. The zero-order valence-electron chi connectivity index (χ0n) is 9.82. The van der Waals surface area contributed by atoms with Gasteiger partial charge in [0, 0.05) is 11.8 Å². The van der Waals surface area contributed by atoms with Crippen LogP contribution in [0.5, 0.6) is 5.75 Å². The van der Waals surface area contributed by atoms with Crippen molar-refractivity contribution >= 4 is 23.0 Å². The normalized spacial score (nSPS) is 10.7. The van der Waals surface area contributed by atoms with Crippen LogP contribution in [0.15, 0.2) is 52.7 Å². The predicted octanol–water partition coefficient (Wildman–Crippen LogP) is 3.09. The smallest absolute Gasteiger partial charge is 0.339 e. The molecule has 2 rings (SSSR count). The Labute approximate surface area is 108 Å². The van der Waals surface area contributed by atoms with Gasteiger partial charge in [-0.05, 0) is 36.4 Å². The highest BCUT2D eigenvalue weighted by Gasteiger charge is 2.09. The number of benzene rings is 2. The molecule has 0 bridgehead atoms. The van der Waals surface area contributed by atoms with E-state index in [0.29, 0.717) is 17.1 Å². The third kappa shape index (κ3) is 3.06. The van der Waals surface area contributed by atoms with Crippen molar-refractivity contribution in [2.45, 2.75) is 0 Å². The van der Waals surface area contributed by atoms with Gasteiger partial charge in [-0.1, -0.05) is 0 Å². The van der Waals surface area contributed by atoms with Gasteiger partial charge in [0.1, 0.15) is 11.3 Å². The van der Waals surface area contributed by atoms with Crippen molar-refractivity contribution in [3.63, 3.8) is 0 Å². The summed E-state index contributed by atoms with van der Waals surface area (Å²) in [5.41, 5.74) is 6.96. The molecule has 0 spiro atoms. The van der Waals surface area contributed by atoms with Gasteiger partial charge in [-0.3, -0.25) is 0 Å². The zero-order chi connectivity index (χ0) is 13.8. The lowest BCUT2D eigenvalue weighted by Gasteiger charge is -1.99. The number of nitrogen functional groups attached to an aromatic ring is 1. The minimum absolute atomic E-state index is 0.175. The molecule has 0 aromatic heterocycles. The molecule has 0 unspecified atom stereocenters. The third-order valence-corrected chi connectivity index (χ3v) is 2.39.